The van der Waals surface area contributed by atoms with Crippen molar-refractivity contribution in [2.45, 2.75) is 26.0 Å². The van der Waals surface area contributed by atoms with Gasteiger partial charge in [-0.2, -0.15) is 5.10 Å². The van der Waals surface area contributed by atoms with E-state index in [1.54, 1.807) is 55.4 Å². The summed E-state index contributed by atoms with van der Waals surface area (Å²) >= 11 is 0. The molecule has 172 valence electrons. The van der Waals surface area contributed by atoms with Crippen LogP contribution in [-0.4, -0.2) is 38.9 Å². The Hall–Kier alpha value is -2.73. The average Bonchev–Trinajstić information content (AvgIpc) is 3.18. The first-order valence-electron chi connectivity index (χ1n) is 9.98. The number of nitrogens with zero attached hydrogens (tertiary/aromatic N) is 4. The molecule has 0 aliphatic carbocycles. The van der Waals surface area contributed by atoms with E-state index >= 15 is 0 Å². The zero-order chi connectivity index (χ0) is 22.3. The van der Waals surface area contributed by atoms with Gasteiger partial charge in [-0.25, -0.2) is 14.4 Å². The molecule has 1 unspecified atom stereocenters. The van der Waals surface area contributed by atoms with Crippen LogP contribution in [0.5, 0.6) is 11.6 Å². The Labute approximate surface area is 204 Å². The van der Waals surface area contributed by atoms with E-state index in [0.29, 0.717) is 29.7 Å². The molecule has 1 atom stereocenters. The molecule has 0 saturated carbocycles. The molecular formula is C22H28FIN6O2. The Balaban J connectivity index is 0.00000363. The molecule has 0 aliphatic rings. The molecule has 0 bridgehead atoms. The molecule has 0 amide bonds. The van der Waals surface area contributed by atoms with Gasteiger partial charge in [0.2, 0.25) is 5.88 Å². The molecule has 8 nitrogen and oxygen atoms in total. The van der Waals surface area contributed by atoms with Gasteiger partial charge in [0, 0.05) is 43.2 Å². The van der Waals surface area contributed by atoms with Gasteiger partial charge in [-0.3, -0.25) is 4.68 Å². The number of hydrogen-bond acceptors (Lipinski definition) is 5. The fourth-order valence-corrected chi connectivity index (χ4v) is 2.84. The maximum absolute atomic E-state index is 13.4. The van der Waals surface area contributed by atoms with E-state index in [4.69, 9.17) is 4.74 Å². The Morgan fingerprint density at radius 3 is 2.78 bits per heavy atom. The van der Waals surface area contributed by atoms with Crippen LogP contribution in [0.2, 0.25) is 0 Å². The molecule has 2 heterocycles. The van der Waals surface area contributed by atoms with Gasteiger partial charge in [-0.05, 0) is 32.0 Å². The minimum Gasteiger partial charge on any atom is -0.439 e. The lowest BCUT2D eigenvalue weighted by atomic mass is 10.00. The molecule has 1 aromatic carbocycles. The highest BCUT2D eigenvalue weighted by atomic mass is 127. The van der Waals surface area contributed by atoms with Gasteiger partial charge in [-0.15, -0.1) is 24.0 Å². The summed E-state index contributed by atoms with van der Waals surface area (Å²) in [5, 5.41) is 21.2. The topological polar surface area (TPSA) is 96.6 Å². The van der Waals surface area contributed by atoms with Crippen LogP contribution in [0.3, 0.4) is 0 Å². The summed E-state index contributed by atoms with van der Waals surface area (Å²) < 4.78 is 20.8. The van der Waals surface area contributed by atoms with Crippen molar-refractivity contribution in [2.75, 3.05) is 13.1 Å². The van der Waals surface area contributed by atoms with Gasteiger partial charge in [-0.1, -0.05) is 12.1 Å². The molecule has 2 aromatic heterocycles. The first-order chi connectivity index (χ1) is 14.9. The van der Waals surface area contributed by atoms with Crippen LogP contribution in [0.15, 0.2) is 60.0 Å². The number of guanidine groups is 1. The molecule has 10 heteroatoms. The molecule has 32 heavy (non-hydrogen) atoms. The van der Waals surface area contributed by atoms with E-state index in [9.17, 15) is 9.50 Å². The molecule has 0 spiro atoms. The van der Waals surface area contributed by atoms with E-state index in [0.717, 1.165) is 5.56 Å². The summed E-state index contributed by atoms with van der Waals surface area (Å²) in [7, 11) is 1.80. The monoisotopic (exact) mass is 554 g/mol. The number of ether oxygens (including phenoxy) is 1. The number of aliphatic imine (C=N–C) groups is 1. The number of pyridine rings is 1. The van der Waals surface area contributed by atoms with E-state index in [1.165, 1.54) is 12.1 Å². The number of rotatable bonds is 8. The van der Waals surface area contributed by atoms with Gasteiger partial charge in [0.05, 0.1) is 19.3 Å². The van der Waals surface area contributed by atoms with Crippen LogP contribution in [0, 0.1) is 5.82 Å². The second-order valence-corrected chi connectivity index (χ2v) is 7.25. The van der Waals surface area contributed by atoms with Crippen molar-refractivity contribution in [1.82, 2.24) is 25.4 Å². The Bertz CT molecular complexity index is 1040. The van der Waals surface area contributed by atoms with Crippen LogP contribution in [0.25, 0.3) is 0 Å². The third-order valence-corrected chi connectivity index (χ3v) is 4.54. The number of benzene rings is 1. The number of aryl methyl sites for hydroxylation is 1. The van der Waals surface area contributed by atoms with Crippen molar-refractivity contribution in [3.8, 4) is 11.6 Å². The molecule has 3 aromatic rings. The molecule has 0 fully saturated rings. The van der Waals surface area contributed by atoms with E-state index in [-0.39, 0.29) is 42.9 Å². The second kappa shape index (κ2) is 11.8. The van der Waals surface area contributed by atoms with E-state index in [2.05, 4.69) is 25.7 Å². The fraction of sp³-hybridized carbons (Fsp3) is 0.318. The first kappa shape index (κ1) is 25.5. The number of hydrogen-bond donors (Lipinski definition) is 3. The SMILES string of the molecule is CCNC(=NCc1cccnc1Oc1cccc(F)c1)NCC(C)(O)c1cnn(C)c1.I. The smallest absolute Gasteiger partial charge is 0.224 e. The number of aromatic nitrogens is 3. The lowest BCUT2D eigenvalue weighted by Crippen LogP contribution is -2.44. The molecule has 0 aliphatic heterocycles. The van der Waals surface area contributed by atoms with Crippen LogP contribution in [0.4, 0.5) is 4.39 Å². The first-order valence-corrected chi connectivity index (χ1v) is 9.98. The summed E-state index contributed by atoms with van der Waals surface area (Å²) in [4.78, 5) is 8.82. The highest BCUT2D eigenvalue weighted by Crippen LogP contribution is 2.24. The molecule has 0 saturated heterocycles. The largest absolute Gasteiger partial charge is 0.439 e. The number of halogens is 2. The predicted octanol–water partition coefficient (Wildman–Crippen LogP) is 3.33. The van der Waals surface area contributed by atoms with Crippen LogP contribution in [-0.2, 0) is 19.2 Å². The maximum atomic E-state index is 13.4. The van der Waals surface area contributed by atoms with Gasteiger partial charge >= 0.3 is 0 Å². The third kappa shape index (κ3) is 7.16. The van der Waals surface area contributed by atoms with E-state index in [1.807, 2.05) is 13.0 Å². The molecule has 0 radical (unpaired) electrons. The summed E-state index contributed by atoms with van der Waals surface area (Å²) in [6.07, 6.45) is 5.02. The van der Waals surface area contributed by atoms with Gasteiger partial charge < -0.3 is 20.5 Å². The fourth-order valence-electron chi connectivity index (χ4n) is 2.84. The molecular weight excluding hydrogens is 526 g/mol. The van der Waals surface area contributed by atoms with Crippen LogP contribution in [0.1, 0.15) is 25.0 Å². The standard InChI is InChI=1S/C22H27FN6O2.HI/c1-4-24-21(27-15-22(2,30)17-13-28-29(3)14-17)26-12-16-7-6-10-25-20(16)31-19-9-5-8-18(23)11-19;/h5-11,13-14,30H,4,12,15H2,1-3H3,(H2,24,26,27);1H. The summed E-state index contributed by atoms with van der Waals surface area (Å²) in [6.45, 7) is 4.85. The highest BCUT2D eigenvalue weighted by molar-refractivity contribution is 14.0. The van der Waals surface area contributed by atoms with Crippen molar-refractivity contribution in [3.05, 3.63) is 71.9 Å². The van der Waals surface area contributed by atoms with Crippen molar-refractivity contribution in [2.24, 2.45) is 12.0 Å². The zero-order valence-corrected chi connectivity index (χ0v) is 20.6. The number of nitrogens with one attached hydrogen (secondary N) is 2. The Morgan fingerprint density at radius 1 is 1.28 bits per heavy atom. The quantitative estimate of drug-likeness (QED) is 0.225. The number of aliphatic hydroxyl groups is 1. The molecule has 3 rings (SSSR count). The van der Waals surface area contributed by atoms with Crippen molar-refractivity contribution in [1.29, 1.82) is 0 Å². The lowest BCUT2D eigenvalue weighted by Gasteiger charge is -2.23. The lowest BCUT2D eigenvalue weighted by molar-refractivity contribution is 0.0616. The summed E-state index contributed by atoms with van der Waals surface area (Å²) in [6, 6.07) is 9.53. The van der Waals surface area contributed by atoms with Crippen molar-refractivity contribution < 1.29 is 14.2 Å². The van der Waals surface area contributed by atoms with Gasteiger partial charge in [0.25, 0.3) is 0 Å². The molecule has 3 N–H and O–H groups in total. The van der Waals surface area contributed by atoms with Crippen molar-refractivity contribution in [3.63, 3.8) is 0 Å². The minimum absolute atomic E-state index is 0. The Morgan fingerprint density at radius 2 is 2.09 bits per heavy atom. The third-order valence-electron chi connectivity index (χ3n) is 4.54. The zero-order valence-electron chi connectivity index (χ0n) is 18.2. The van der Waals surface area contributed by atoms with Gasteiger partial charge in [0.15, 0.2) is 5.96 Å². The summed E-state index contributed by atoms with van der Waals surface area (Å²) in [5.41, 5.74) is 0.323. The second-order valence-electron chi connectivity index (χ2n) is 7.25. The van der Waals surface area contributed by atoms with Crippen LogP contribution >= 0.6 is 24.0 Å². The predicted molar refractivity (Wildman–Crippen MR) is 132 cm³/mol. The van der Waals surface area contributed by atoms with Crippen LogP contribution < -0.4 is 15.4 Å². The minimum atomic E-state index is -1.12. The van der Waals surface area contributed by atoms with E-state index < -0.39 is 5.60 Å². The highest BCUT2D eigenvalue weighted by Gasteiger charge is 2.25. The van der Waals surface area contributed by atoms with Crippen molar-refractivity contribution >= 4 is 29.9 Å². The maximum Gasteiger partial charge on any atom is 0.224 e. The average molecular weight is 554 g/mol. The Kier molecular flexibility index (Phi) is 9.39. The van der Waals surface area contributed by atoms with Gasteiger partial charge in [0.1, 0.15) is 17.2 Å². The normalized spacial score (nSPS) is 13.1. The summed E-state index contributed by atoms with van der Waals surface area (Å²) in [5.74, 6) is 0.871.